The second-order valence-corrected chi connectivity index (χ2v) is 4.99. The molecule has 0 amide bonds. The molecule has 2 aromatic rings. The van der Waals surface area contributed by atoms with Gasteiger partial charge in [0, 0.05) is 35.6 Å². The molecule has 0 aliphatic rings. The zero-order chi connectivity index (χ0) is 15.1. The van der Waals surface area contributed by atoms with E-state index in [-0.39, 0.29) is 12.4 Å². The predicted molar refractivity (Wildman–Crippen MR) is 81.7 cm³/mol. The summed E-state index contributed by atoms with van der Waals surface area (Å²) >= 11 is 0. The van der Waals surface area contributed by atoms with E-state index in [4.69, 9.17) is 4.74 Å². The summed E-state index contributed by atoms with van der Waals surface area (Å²) < 4.78 is 19.4. The monoisotopic (exact) mass is 288 g/mol. The number of ether oxygens (including phenoxy) is 1. The second-order valence-electron chi connectivity index (χ2n) is 4.99. The molecule has 0 fully saturated rings. The molecule has 0 aliphatic carbocycles. The Morgan fingerprint density at radius 1 is 1.24 bits per heavy atom. The van der Waals surface area contributed by atoms with Crippen molar-refractivity contribution < 1.29 is 9.13 Å². The third-order valence-electron chi connectivity index (χ3n) is 3.16. The van der Waals surface area contributed by atoms with E-state index in [0.29, 0.717) is 12.1 Å². The lowest BCUT2D eigenvalue weighted by atomic mass is 10.2. The van der Waals surface area contributed by atoms with Crippen molar-refractivity contribution in [2.75, 3.05) is 6.54 Å². The van der Waals surface area contributed by atoms with E-state index in [9.17, 15) is 4.39 Å². The molecule has 0 aliphatic heterocycles. The van der Waals surface area contributed by atoms with Gasteiger partial charge in [-0.05, 0) is 26.0 Å². The standard InChI is InChI=1S/C17H21FN2O/c1-3-8-19-10-15-11-20-13(2)9-17(15)21-12-14-6-4-5-7-16(14)18/h4-7,9,11,19H,3,8,10,12H2,1-2H3. The van der Waals surface area contributed by atoms with Crippen molar-refractivity contribution in [3.05, 3.63) is 59.2 Å². The lowest BCUT2D eigenvalue weighted by molar-refractivity contribution is 0.295. The van der Waals surface area contributed by atoms with Gasteiger partial charge in [-0.25, -0.2) is 4.39 Å². The Labute approximate surface area is 125 Å². The number of pyridine rings is 1. The Bertz CT molecular complexity index is 587. The topological polar surface area (TPSA) is 34.2 Å². The fourth-order valence-electron chi connectivity index (χ4n) is 2.00. The molecule has 0 saturated carbocycles. The maximum absolute atomic E-state index is 13.6. The molecule has 21 heavy (non-hydrogen) atoms. The summed E-state index contributed by atoms with van der Waals surface area (Å²) in [6.07, 6.45) is 2.89. The zero-order valence-corrected chi connectivity index (χ0v) is 12.5. The average Bonchev–Trinajstić information content (AvgIpc) is 2.48. The third kappa shape index (κ3) is 4.53. The number of aryl methyl sites for hydroxylation is 1. The molecule has 2 rings (SSSR count). The molecule has 112 valence electrons. The van der Waals surface area contributed by atoms with E-state index in [2.05, 4.69) is 17.2 Å². The highest BCUT2D eigenvalue weighted by atomic mass is 19.1. The van der Waals surface area contributed by atoms with Gasteiger partial charge in [0.2, 0.25) is 0 Å². The molecule has 4 heteroatoms. The number of hydrogen-bond donors (Lipinski definition) is 1. The molecule has 0 bridgehead atoms. The normalized spacial score (nSPS) is 10.6. The van der Waals surface area contributed by atoms with Gasteiger partial charge in [0.1, 0.15) is 18.2 Å². The van der Waals surface area contributed by atoms with E-state index in [1.807, 2.05) is 25.3 Å². The summed E-state index contributed by atoms with van der Waals surface area (Å²) in [5.74, 6) is 0.517. The van der Waals surface area contributed by atoms with Crippen LogP contribution in [0.4, 0.5) is 4.39 Å². The summed E-state index contributed by atoms with van der Waals surface area (Å²) in [7, 11) is 0. The van der Waals surface area contributed by atoms with Gasteiger partial charge < -0.3 is 10.1 Å². The Kier molecular flexibility index (Phi) is 5.69. The van der Waals surface area contributed by atoms with Crippen LogP contribution in [0.3, 0.4) is 0 Å². The molecule has 1 aromatic heterocycles. The van der Waals surface area contributed by atoms with Crippen LogP contribution in [0.2, 0.25) is 0 Å². The number of benzene rings is 1. The maximum atomic E-state index is 13.6. The maximum Gasteiger partial charge on any atom is 0.129 e. The van der Waals surface area contributed by atoms with Crippen molar-refractivity contribution in [3.63, 3.8) is 0 Å². The van der Waals surface area contributed by atoms with E-state index in [1.165, 1.54) is 6.07 Å². The highest BCUT2D eigenvalue weighted by Crippen LogP contribution is 2.20. The van der Waals surface area contributed by atoms with Crippen molar-refractivity contribution in [3.8, 4) is 5.75 Å². The number of rotatable bonds is 7. The van der Waals surface area contributed by atoms with E-state index in [0.717, 1.165) is 30.0 Å². The zero-order valence-electron chi connectivity index (χ0n) is 12.5. The molecule has 0 atom stereocenters. The fourth-order valence-corrected chi connectivity index (χ4v) is 2.00. The smallest absolute Gasteiger partial charge is 0.129 e. The van der Waals surface area contributed by atoms with Crippen LogP contribution >= 0.6 is 0 Å². The Morgan fingerprint density at radius 2 is 2.05 bits per heavy atom. The predicted octanol–water partition coefficient (Wildman–Crippen LogP) is 3.61. The van der Waals surface area contributed by atoms with Crippen molar-refractivity contribution in [2.24, 2.45) is 0 Å². The Morgan fingerprint density at radius 3 is 2.81 bits per heavy atom. The summed E-state index contributed by atoms with van der Waals surface area (Å²) in [5.41, 5.74) is 2.43. The van der Waals surface area contributed by atoms with Gasteiger partial charge in [-0.2, -0.15) is 0 Å². The molecular weight excluding hydrogens is 267 g/mol. The number of hydrogen-bond acceptors (Lipinski definition) is 3. The van der Waals surface area contributed by atoms with Crippen molar-refractivity contribution in [2.45, 2.75) is 33.4 Å². The Hall–Kier alpha value is -1.94. The van der Waals surface area contributed by atoms with Crippen LogP contribution < -0.4 is 10.1 Å². The fraction of sp³-hybridized carbons (Fsp3) is 0.353. The largest absolute Gasteiger partial charge is 0.488 e. The van der Waals surface area contributed by atoms with E-state index >= 15 is 0 Å². The van der Waals surface area contributed by atoms with Gasteiger partial charge >= 0.3 is 0 Å². The number of nitrogens with one attached hydrogen (secondary N) is 1. The van der Waals surface area contributed by atoms with Gasteiger partial charge in [-0.1, -0.05) is 25.1 Å². The Balaban J connectivity index is 2.07. The molecule has 1 heterocycles. The van der Waals surface area contributed by atoms with Crippen LogP contribution in [-0.2, 0) is 13.2 Å². The highest BCUT2D eigenvalue weighted by molar-refractivity contribution is 5.33. The summed E-state index contributed by atoms with van der Waals surface area (Å²) in [6, 6.07) is 8.56. The van der Waals surface area contributed by atoms with Crippen LogP contribution in [0.1, 0.15) is 30.2 Å². The van der Waals surface area contributed by atoms with Crippen molar-refractivity contribution >= 4 is 0 Å². The number of halogens is 1. The van der Waals surface area contributed by atoms with E-state index in [1.54, 1.807) is 12.1 Å². The van der Waals surface area contributed by atoms with Crippen molar-refractivity contribution in [1.82, 2.24) is 10.3 Å². The first-order chi connectivity index (χ1) is 10.2. The molecular formula is C17H21FN2O. The van der Waals surface area contributed by atoms with E-state index < -0.39 is 0 Å². The molecule has 3 nitrogen and oxygen atoms in total. The minimum atomic E-state index is -0.242. The first-order valence-corrected chi connectivity index (χ1v) is 7.23. The molecule has 1 aromatic carbocycles. The summed E-state index contributed by atoms with van der Waals surface area (Å²) in [4.78, 5) is 4.30. The average molecular weight is 288 g/mol. The van der Waals surface area contributed by atoms with Crippen LogP contribution in [0.15, 0.2) is 36.5 Å². The number of nitrogens with zero attached hydrogens (tertiary/aromatic N) is 1. The molecule has 0 unspecified atom stereocenters. The second kappa shape index (κ2) is 7.74. The van der Waals surface area contributed by atoms with Crippen molar-refractivity contribution in [1.29, 1.82) is 0 Å². The van der Waals surface area contributed by atoms with Gasteiger partial charge in [0.15, 0.2) is 0 Å². The summed E-state index contributed by atoms with van der Waals surface area (Å²) in [5, 5.41) is 3.33. The quantitative estimate of drug-likeness (QED) is 0.790. The lowest BCUT2D eigenvalue weighted by Gasteiger charge is -2.13. The van der Waals surface area contributed by atoms with Gasteiger partial charge in [0.25, 0.3) is 0 Å². The first-order valence-electron chi connectivity index (χ1n) is 7.23. The van der Waals surface area contributed by atoms with Gasteiger partial charge in [0.05, 0.1) is 0 Å². The van der Waals surface area contributed by atoms with Crippen LogP contribution in [0.25, 0.3) is 0 Å². The molecule has 0 saturated heterocycles. The van der Waals surface area contributed by atoms with Crippen LogP contribution in [0.5, 0.6) is 5.75 Å². The SMILES string of the molecule is CCCNCc1cnc(C)cc1OCc1ccccc1F. The number of aromatic nitrogens is 1. The minimum Gasteiger partial charge on any atom is -0.488 e. The molecule has 0 spiro atoms. The first kappa shape index (κ1) is 15.4. The van der Waals surface area contributed by atoms with Gasteiger partial charge in [-0.3, -0.25) is 4.98 Å². The van der Waals surface area contributed by atoms with Crippen LogP contribution in [0, 0.1) is 12.7 Å². The lowest BCUT2D eigenvalue weighted by Crippen LogP contribution is -2.15. The molecule has 0 radical (unpaired) electrons. The van der Waals surface area contributed by atoms with Gasteiger partial charge in [-0.15, -0.1) is 0 Å². The summed E-state index contributed by atoms with van der Waals surface area (Å²) in [6.45, 7) is 5.90. The van der Waals surface area contributed by atoms with Crippen LogP contribution in [-0.4, -0.2) is 11.5 Å². The minimum absolute atomic E-state index is 0.219. The third-order valence-corrected chi connectivity index (χ3v) is 3.16. The highest BCUT2D eigenvalue weighted by Gasteiger charge is 2.07. The molecule has 1 N–H and O–H groups in total.